The van der Waals surface area contributed by atoms with Crippen LogP contribution in [-0.4, -0.2) is 45.2 Å². The van der Waals surface area contributed by atoms with Crippen LogP contribution in [0.25, 0.3) is 0 Å². The minimum atomic E-state index is -0.329. The fourth-order valence-corrected chi connectivity index (χ4v) is 2.22. The molecule has 21 heavy (non-hydrogen) atoms. The molecular weight excluding hydrogens is 272 g/mol. The number of pyridine rings is 1. The van der Waals surface area contributed by atoms with Crippen LogP contribution in [0, 0.1) is 0 Å². The summed E-state index contributed by atoms with van der Waals surface area (Å²) < 4.78 is 5.73. The quantitative estimate of drug-likeness (QED) is 0.885. The zero-order valence-corrected chi connectivity index (χ0v) is 11.2. The lowest BCUT2D eigenvalue weighted by molar-refractivity contribution is 0.0764. The summed E-state index contributed by atoms with van der Waals surface area (Å²) in [6.07, 6.45) is 2.33. The molecule has 3 rings (SSSR count). The number of ether oxygens (including phenoxy) is 1. The molecule has 108 valence electrons. The van der Waals surface area contributed by atoms with Crippen LogP contribution < -0.4 is 10.3 Å². The molecule has 0 spiro atoms. The SMILES string of the molecule is O=C(c1ccc(=O)[nH]n1)N1CCC(Oc2ccccn2)C1. The number of likely N-dealkylation sites (tertiary alicyclic amines) is 1. The van der Waals surface area contributed by atoms with Crippen molar-refractivity contribution < 1.29 is 9.53 Å². The van der Waals surface area contributed by atoms with E-state index in [-0.39, 0.29) is 23.3 Å². The van der Waals surface area contributed by atoms with Gasteiger partial charge in [0.1, 0.15) is 11.8 Å². The standard InChI is InChI=1S/C14H14N4O3/c19-12-5-4-11(16-17-12)14(20)18-8-6-10(9-18)21-13-3-1-2-7-15-13/h1-5,7,10H,6,8-9H2,(H,17,19). The van der Waals surface area contributed by atoms with E-state index in [9.17, 15) is 9.59 Å². The fourth-order valence-electron chi connectivity index (χ4n) is 2.22. The largest absolute Gasteiger partial charge is 0.472 e. The van der Waals surface area contributed by atoms with Gasteiger partial charge >= 0.3 is 0 Å². The number of nitrogens with zero attached hydrogens (tertiary/aromatic N) is 3. The van der Waals surface area contributed by atoms with Crippen LogP contribution in [0.4, 0.5) is 0 Å². The maximum atomic E-state index is 12.2. The molecule has 3 heterocycles. The topological polar surface area (TPSA) is 88.2 Å². The average Bonchev–Trinajstić information content (AvgIpc) is 2.97. The second-order valence-corrected chi connectivity index (χ2v) is 4.75. The van der Waals surface area contributed by atoms with Gasteiger partial charge in [-0.1, -0.05) is 6.07 Å². The molecule has 0 radical (unpaired) electrons. The van der Waals surface area contributed by atoms with Crippen molar-refractivity contribution >= 4 is 5.91 Å². The van der Waals surface area contributed by atoms with Crippen molar-refractivity contribution in [3.63, 3.8) is 0 Å². The van der Waals surface area contributed by atoms with Crippen LogP contribution in [0.3, 0.4) is 0 Å². The lowest BCUT2D eigenvalue weighted by atomic mass is 10.3. The summed E-state index contributed by atoms with van der Waals surface area (Å²) in [4.78, 5) is 28.9. The Labute approximate surface area is 120 Å². The molecule has 1 fully saturated rings. The number of aromatic nitrogens is 3. The van der Waals surface area contributed by atoms with Crippen LogP contribution in [0.2, 0.25) is 0 Å². The van der Waals surface area contributed by atoms with E-state index in [4.69, 9.17) is 4.74 Å². The second-order valence-electron chi connectivity index (χ2n) is 4.75. The molecule has 0 saturated carbocycles. The summed E-state index contributed by atoms with van der Waals surface area (Å²) in [5, 5.41) is 6.01. The van der Waals surface area contributed by atoms with Gasteiger partial charge in [-0.25, -0.2) is 10.1 Å². The third-order valence-corrected chi connectivity index (χ3v) is 3.26. The number of H-pyrrole nitrogens is 1. The number of aromatic amines is 1. The summed E-state index contributed by atoms with van der Waals surface area (Å²) in [6.45, 7) is 1.08. The highest BCUT2D eigenvalue weighted by Gasteiger charge is 2.29. The zero-order chi connectivity index (χ0) is 14.7. The van der Waals surface area contributed by atoms with Crippen molar-refractivity contribution in [3.05, 3.63) is 52.6 Å². The van der Waals surface area contributed by atoms with Crippen molar-refractivity contribution in [3.8, 4) is 5.88 Å². The maximum absolute atomic E-state index is 12.2. The minimum Gasteiger partial charge on any atom is -0.472 e. The Morgan fingerprint density at radius 1 is 1.33 bits per heavy atom. The number of rotatable bonds is 3. The lowest BCUT2D eigenvalue weighted by Crippen LogP contribution is -2.32. The Morgan fingerprint density at radius 3 is 2.95 bits per heavy atom. The molecule has 0 aliphatic carbocycles. The third kappa shape index (κ3) is 3.07. The van der Waals surface area contributed by atoms with E-state index in [0.29, 0.717) is 19.0 Å². The predicted molar refractivity (Wildman–Crippen MR) is 74.0 cm³/mol. The van der Waals surface area contributed by atoms with E-state index in [1.807, 2.05) is 12.1 Å². The molecule has 1 amide bonds. The molecule has 1 unspecified atom stereocenters. The van der Waals surface area contributed by atoms with Gasteiger partial charge in [-0.2, -0.15) is 5.10 Å². The first-order valence-corrected chi connectivity index (χ1v) is 6.65. The Morgan fingerprint density at radius 2 is 2.24 bits per heavy atom. The third-order valence-electron chi connectivity index (χ3n) is 3.26. The Bertz CT molecular complexity index is 666. The fraction of sp³-hybridized carbons (Fsp3) is 0.286. The number of carbonyl (C=O) groups is 1. The summed E-state index contributed by atoms with van der Waals surface area (Å²) >= 11 is 0. The van der Waals surface area contributed by atoms with E-state index in [0.717, 1.165) is 6.42 Å². The van der Waals surface area contributed by atoms with Crippen LogP contribution in [0.1, 0.15) is 16.9 Å². The molecular formula is C14H14N4O3. The summed E-state index contributed by atoms with van der Waals surface area (Å²) in [6, 6.07) is 8.17. The predicted octanol–water partition coefficient (Wildman–Crippen LogP) is 0.458. The van der Waals surface area contributed by atoms with Crippen LogP contribution in [0.15, 0.2) is 41.3 Å². The molecule has 1 aliphatic heterocycles. The number of hydrogen-bond acceptors (Lipinski definition) is 5. The van der Waals surface area contributed by atoms with Gasteiger partial charge < -0.3 is 9.64 Å². The van der Waals surface area contributed by atoms with Crippen molar-refractivity contribution in [1.29, 1.82) is 0 Å². The van der Waals surface area contributed by atoms with Crippen molar-refractivity contribution in [1.82, 2.24) is 20.1 Å². The van der Waals surface area contributed by atoms with Gasteiger partial charge in [0.15, 0.2) is 0 Å². The molecule has 1 atom stereocenters. The van der Waals surface area contributed by atoms with E-state index >= 15 is 0 Å². The molecule has 0 bridgehead atoms. The first kappa shape index (κ1) is 13.3. The first-order chi connectivity index (χ1) is 10.2. The van der Waals surface area contributed by atoms with E-state index in [1.165, 1.54) is 12.1 Å². The normalized spacial score (nSPS) is 17.7. The highest BCUT2D eigenvalue weighted by Crippen LogP contribution is 2.17. The molecule has 1 N–H and O–H groups in total. The molecule has 7 heteroatoms. The van der Waals surface area contributed by atoms with Crippen molar-refractivity contribution in [2.75, 3.05) is 13.1 Å². The van der Waals surface area contributed by atoms with Gasteiger partial charge in [0.25, 0.3) is 11.5 Å². The first-order valence-electron chi connectivity index (χ1n) is 6.65. The van der Waals surface area contributed by atoms with Crippen molar-refractivity contribution in [2.45, 2.75) is 12.5 Å². The van der Waals surface area contributed by atoms with Crippen molar-refractivity contribution in [2.24, 2.45) is 0 Å². The van der Waals surface area contributed by atoms with Crippen LogP contribution >= 0.6 is 0 Å². The van der Waals surface area contributed by atoms with Gasteiger partial charge in [0.2, 0.25) is 5.88 Å². The number of amides is 1. The maximum Gasteiger partial charge on any atom is 0.274 e. The molecule has 2 aromatic heterocycles. The number of carbonyl (C=O) groups excluding carboxylic acids is 1. The highest BCUT2D eigenvalue weighted by molar-refractivity contribution is 5.92. The summed E-state index contributed by atoms with van der Waals surface area (Å²) in [7, 11) is 0. The van der Waals surface area contributed by atoms with Gasteiger partial charge in [0.05, 0.1) is 6.54 Å². The highest BCUT2D eigenvalue weighted by atomic mass is 16.5. The number of nitrogens with one attached hydrogen (secondary N) is 1. The van der Waals surface area contributed by atoms with Gasteiger partial charge in [-0.15, -0.1) is 0 Å². The monoisotopic (exact) mass is 286 g/mol. The van der Waals surface area contributed by atoms with Crippen LogP contribution in [-0.2, 0) is 0 Å². The Hall–Kier alpha value is -2.70. The lowest BCUT2D eigenvalue weighted by Gasteiger charge is -2.16. The summed E-state index contributed by atoms with van der Waals surface area (Å²) in [5.41, 5.74) is -0.0996. The second kappa shape index (κ2) is 5.74. The number of hydrogen-bond donors (Lipinski definition) is 1. The van der Waals surface area contributed by atoms with E-state index in [1.54, 1.807) is 17.2 Å². The van der Waals surface area contributed by atoms with E-state index < -0.39 is 0 Å². The van der Waals surface area contributed by atoms with E-state index in [2.05, 4.69) is 15.2 Å². The molecule has 7 nitrogen and oxygen atoms in total. The molecule has 1 aliphatic rings. The Kier molecular flexibility index (Phi) is 3.63. The minimum absolute atomic E-state index is 0.0772. The van der Waals surface area contributed by atoms with Crippen LogP contribution in [0.5, 0.6) is 5.88 Å². The van der Waals surface area contributed by atoms with Gasteiger partial charge in [-0.3, -0.25) is 9.59 Å². The summed E-state index contributed by atoms with van der Waals surface area (Å²) in [5.74, 6) is 0.345. The molecule has 2 aromatic rings. The average molecular weight is 286 g/mol. The van der Waals surface area contributed by atoms with Gasteiger partial charge in [-0.05, 0) is 12.1 Å². The molecule has 1 saturated heterocycles. The zero-order valence-electron chi connectivity index (χ0n) is 11.2. The van der Waals surface area contributed by atoms with Gasteiger partial charge in [0, 0.05) is 31.3 Å². The smallest absolute Gasteiger partial charge is 0.274 e. The molecule has 0 aromatic carbocycles. The Balaban J connectivity index is 1.63.